The molecule has 0 amide bonds. The van der Waals surface area contributed by atoms with Crippen molar-refractivity contribution in [2.75, 3.05) is 0 Å². The fourth-order valence-corrected chi connectivity index (χ4v) is 2.28. The molecule has 0 fully saturated rings. The average Bonchev–Trinajstić information content (AvgIpc) is 2.46. The van der Waals surface area contributed by atoms with Crippen LogP contribution in [0.2, 0.25) is 0 Å². The van der Waals surface area contributed by atoms with E-state index in [1.165, 1.54) is 6.07 Å². The Bertz CT molecular complexity index is 840. The van der Waals surface area contributed by atoms with Gasteiger partial charge in [-0.2, -0.15) is 0 Å². The fraction of sp³-hybridized carbons (Fsp3) is 0.125. The van der Waals surface area contributed by atoms with Gasteiger partial charge in [0.15, 0.2) is 0 Å². The van der Waals surface area contributed by atoms with Crippen LogP contribution < -0.4 is 10.4 Å². The van der Waals surface area contributed by atoms with E-state index in [1.54, 1.807) is 12.3 Å². The van der Waals surface area contributed by atoms with Gasteiger partial charge in [0, 0.05) is 28.2 Å². The van der Waals surface area contributed by atoms with Crippen LogP contribution in [0.25, 0.3) is 11.0 Å². The lowest BCUT2D eigenvalue weighted by atomic mass is 10.1. The molecule has 0 N–H and O–H groups in total. The van der Waals surface area contributed by atoms with Crippen molar-refractivity contribution < 1.29 is 9.15 Å². The molecule has 5 heteroatoms. The summed E-state index contributed by atoms with van der Waals surface area (Å²) in [6.07, 6.45) is 1.72. The molecule has 0 saturated carbocycles. The van der Waals surface area contributed by atoms with E-state index in [4.69, 9.17) is 9.15 Å². The summed E-state index contributed by atoms with van der Waals surface area (Å²) in [5.74, 6) is 0.640. The molecular weight excluding hydrogens is 334 g/mol. The van der Waals surface area contributed by atoms with Crippen LogP contribution in [0.15, 0.2) is 56.3 Å². The molecule has 106 valence electrons. The third kappa shape index (κ3) is 3.13. The molecule has 0 saturated heterocycles. The smallest absolute Gasteiger partial charge is 0.336 e. The van der Waals surface area contributed by atoms with Gasteiger partial charge in [-0.25, -0.2) is 4.79 Å². The summed E-state index contributed by atoms with van der Waals surface area (Å²) >= 11 is 3.34. The van der Waals surface area contributed by atoms with Crippen LogP contribution in [-0.2, 0) is 6.61 Å². The number of nitrogens with zero attached hydrogens (tertiary/aromatic N) is 1. The SMILES string of the molecule is Cc1cc(=O)oc2cc(OCc3ccc(Br)cn3)ccc12. The molecule has 0 unspecified atom stereocenters. The molecule has 0 aliphatic rings. The maximum Gasteiger partial charge on any atom is 0.336 e. The van der Waals surface area contributed by atoms with Crippen molar-refractivity contribution in [3.8, 4) is 5.75 Å². The first-order valence-corrected chi connectivity index (χ1v) is 7.19. The molecule has 0 aliphatic carbocycles. The van der Waals surface area contributed by atoms with Gasteiger partial charge in [-0.3, -0.25) is 4.98 Å². The van der Waals surface area contributed by atoms with Gasteiger partial charge in [0.1, 0.15) is 17.9 Å². The van der Waals surface area contributed by atoms with Gasteiger partial charge in [0.2, 0.25) is 0 Å². The van der Waals surface area contributed by atoms with Gasteiger partial charge in [0.25, 0.3) is 0 Å². The summed E-state index contributed by atoms with van der Waals surface area (Å²) in [7, 11) is 0. The average molecular weight is 346 g/mol. The predicted octanol–water partition coefficient (Wildman–Crippen LogP) is 3.84. The molecular formula is C16H12BrNO3. The van der Waals surface area contributed by atoms with Gasteiger partial charge in [-0.05, 0) is 52.7 Å². The van der Waals surface area contributed by atoms with Crippen LogP contribution in [0.3, 0.4) is 0 Å². The van der Waals surface area contributed by atoms with E-state index >= 15 is 0 Å². The lowest BCUT2D eigenvalue weighted by Crippen LogP contribution is -2.00. The van der Waals surface area contributed by atoms with Crippen molar-refractivity contribution in [2.24, 2.45) is 0 Å². The summed E-state index contributed by atoms with van der Waals surface area (Å²) < 4.78 is 11.8. The Morgan fingerprint density at radius 2 is 2.10 bits per heavy atom. The molecule has 0 spiro atoms. The highest BCUT2D eigenvalue weighted by molar-refractivity contribution is 9.10. The molecule has 21 heavy (non-hydrogen) atoms. The quantitative estimate of drug-likeness (QED) is 0.676. The second kappa shape index (κ2) is 5.69. The second-order valence-electron chi connectivity index (χ2n) is 4.66. The number of aromatic nitrogens is 1. The van der Waals surface area contributed by atoms with E-state index in [0.29, 0.717) is 17.9 Å². The highest BCUT2D eigenvalue weighted by atomic mass is 79.9. The van der Waals surface area contributed by atoms with E-state index in [1.807, 2.05) is 31.2 Å². The van der Waals surface area contributed by atoms with Gasteiger partial charge >= 0.3 is 5.63 Å². The van der Waals surface area contributed by atoms with E-state index in [9.17, 15) is 4.79 Å². The summed E-state index contributed by atoms with van der Waals surface area (Å²) in [5, 5.41) is 0.906. The van der Waals surface area contributed by atoms with Crippen LogP contribution in [0, 0.1) is 6.92 Å². The van der Waals surface area contributed by atoms with Crippen LogP contribution in [0.4, 0.5) is 0 Å². The minimum atomic E-state index is -0.355. The predicted molar refractivity (Wildman–Crippen MR) is 83.5 cm³/mol. The second-order valence-corrected chi connectivity index (χ2v) is 5.58. The zero-order chi connectivity index (χ0) is 14.8. The van der Waals surface area contributed by atoms with E-state index < -0.39 is 0 Å². The number of fused-ring (bicyclic) bond motifs is 1. The Balaban J connectivity index is 1.84. The highest BCUT2D eigenvalue weighted by Gasteiger charge is 2.04. The lowest BCUT2D eigenvalue weighted by molar-refractivity contribution is 0.301. The number of hydrogen-bond donors (Lipinski definition) is 0. The van der Waals surface area contributed by atoms with Gasteiger partial charge in [0.05, 0.1) is 5.69 Å². The minimum Gasteiger partial charge on any atom is -0.487 e. The molecule has 4 nitrogen and oxygen atoms in total. The summed E-state index contributed by atoms with van der Waals surface area (Å²) in [6.45, 7) is 2.24. The van der Waals surface area contributed by atoms with Crippen LogP contribution >= 0.6 is 15.9 Å². The molecule has 3 rings (SSSR count). The molecule has 2 heterocycles. The number of aryl methyl sites for hydroxylation is 1. The molecule has 2 aromatic heterocycles. The number of ether oxygens (including phenoxy) is 1. The Labute approximate surface area is 129 Å². The molecule has 1 aromatic carbocycles. The number of halogens is 1. The largest absolute Gasteiger partial charge is 0.487 e. The standard InChI is InChI=1S/C16H12BrNO3/c1-10-6-16(19)21-15-7-13(4-5-14(10)15)20-9-12-3-2-11(17)8-18-12/h2-8H,9H2,1H3. The zero-order valence-corrected chi connectivity index (χ0v) is 12.9. The van der Waals surface area contributed by atoms with Crippen molar-refractivity contribution in [1.82, 2.24) is 4.98 Å². The Kier molecular flexibility index (Phi) is 3.75. The number of rotatable bonds is 3. The maximum atomic E-state index is 11.4. The molecule has 3 aromatic rings. The Hall–Kier alpha value is -2.14. The van der Waals surface area contributed by atoms with Crippen molar-refractivity contribution in [1.29, 1.82) is 0 Å². The normalized spacial score (nSPS) is 10.8. The molecule has 0 atom stereocenters. The fourth-order valence-electron chi connectivity index (χ4n) is 2.04. The van der Waals surface area contributed by atoms with Crippen LogP contribution in [0.5, 0.6) is 5.75 Å². The summed E-state index contributed by atoms with van der Waals surface area (Å²) in [4.78, 5) is 15.6. The van der Waals surface area contributed by atoms with E-state index in [-0.39, 0.29) is 5.63 Å². The number of benzene rings is 1. The van der Waals surface area contributed by atoms with Crippen molar-refractivity contribution in [3.05, 3.63) is 68.7 Å². The number of hydrogen-bond acceptors (Lipinski definition) is 4. The molecule has 0 aliphatic heterocycles. The van der Waals surface area contributed by atoms with Crippen LogP contribution in [0.1, 0.15) is 11.3 Å². The first-order valence-electron chi connectivity index (χ1n) is 6.39. The monoisotopic (exact) mass is 345 g/mol. The Morgan fingerprint density at radius 3 is 2.86 bits per heavy atom. The third-order valence-electron chi connectivity index (χ3n) is 3.10. The van der Waals surface area contributed by atoms with E-state index in [0.717, 1.165) is 21.1 Å². The molecule has 0 bridgehead atoms. The summed E-state index contributed by atoms with van der Waals surface area (Å²) in [6, 6.07) is 10.7. The van der Waals surface area contributed by atoms with Gasteiger partial charge in [-0.15, -0.1) is 0 Å². The minimum absolute atomic E-state index is 0.355. The first kappa shape index (κ1) is 13.8. The van der Waals surface area contributed by atoms with Crippen LogP contribution in [-0.4, -0.2) is 4.98 Å². The van der Waals surface area contributed by atoms with Gasteiger partial charge < -0.3 is 9.15 Å². The van der Waals surface area contributed by atoms with E-state index in [2.05, 4.69) is 20.9 Å². The topological polar surface area (TPSA) is 52.3 Å². The number of pyridine rings is 1. The highest BCUT2D eigenvalue weighted by Crippen LogP contribution is 2.22. The van der Waals surface area contributed by atoms with Crippen molar-refractivity contribution >= 4 is 26.9 Å². The van der Waals surface area contributed by atoms with Crippen molar-refractivity contribution in [3.63, 3.8) is 0 Å². The third-order valence-corrected chi connectivity index (χ3v) is 3.57. The Morgan fingerprint density at radius 1 is 1.24 bits per heavy atom. The maximum absolute atomic E-state index is 11.4. The van der Waals surface area contributed by atoms with Gasteiger partial charge in [-0.1, -0.05) is 0 Å². The summed E-state index contributed by atoms with van der Waals surface area (Å²) in [5.41, 5.74) is 1.89. The first-order chi connectivity index (χ1) is 10.1. The lowest BCUT2D eigenvalue weighted by Gasteiger charge is -2.07. The zero-order valence-electron chi connectivity index (χ0n) is 11.3. The van der Waals surface area contributed by atoms with Crippen molar-refractivity contribution in [2.45, 2.75) is 13.5 Å². The molecule has 0 radical (unpaired) electrons.